The highest BCUT2D eigenvalue weighted by Crippen LogP contribution is 2.14. The second-order valence-electron chi connectivity index (χ2n) is 5.07. The highest BCUT2D eigenvalue weighted by molar-refractivity contribution is 7.13. The number of aromatic nitrogens is 3. The number of carbonyl (C=O) groups is 1. The fourth-order valence-corrected chi connectivity index (χ4v) is 2.96. The van der Waals surface area contributed by atoms with Crippen molar-refractivity contribution in [1.29, 1.82) is 0 Å². The highest BCUT2D eigenvalue weighted by atomic mass is 32.1. The maximum absolute atomic E-state index is 12.2. The van der Waals surface area contributed by atoms with Gasteiger partial charge in [-0.2, -0.15) is 0 Å². The van der Waals surface area contributed by atoms with E-state index >= 15 is 0 Å². The first-order valence-corrected chi connectivity index (χ1v) is 8.08. The van der Waals surface area contributed by atoms with Crippen LogP contribution in [0.15, 0.2) is 30.0 Å². The topological polar surface area (TPSA) is 74.2 Å². The molecule has 2 aromatic heterocycles. The van der Waals surface area contributed by atoms with Gasteiger partial charge in [0.15, 0.2) is 5.13 Å². The predicted octanol–water partition coefficient (Wildman–Crippen LogP) is 1.08. The molecule has 1 unspecified atom stereocenters. The first kappa shape index (κ1) is 14.9. The fraction of sp³-hybridized carbons (Fsp3) is 0.429. The van der Waals surface area contributed by atoms with E-state index in [1.807, 2.05) is 18.4 Å². The van der Waals surface area contributed by atoms with Crippen molar-refractivity contribution in [2.75, 3.05) is 36.4 Å². The van der Waals surface area contributed by atoms with Gasteiger partial charge >= 0.3 is 0 Å². The molecule has 2 aromatic rings. The van der Waals surface area contributed by atoms with E-state index in [9.17, 15) is 4.79 Å². The van der Waals surface area contributed by atoms with E-state index < -0.39 is 0 Å². The number of anilines is 2. The number of piperazine rings is 1. The van der Waals surface area contributed by atoms with Crippen LogP contribution in [-0.4, -0.2) is 58.0 Å². The molecular formula is C14H18N6OS. The molecule has 7 nitrogen and oxygen atoms in total. The number of thiazole rings is 1. The molecule has 0 saturated carbocycles. The van der Waals surface area contributed by atoms with Gasteiger partial charge in [-0.15, -0.1) is 11.3 Å². The molecule has 1 saturated heterocycles. The van der Waals surface area contributed by atoms with E-state index in [4.69, 9.17) is 0 Å². The maximum Gasteiger partial charge on any atom is 0.243 e. The predicted molar refractivity (Wildman–Crippen MR) is 86.0 cm³/mol. The summed E-state index contributed by atoms with van der Waals surface area (Å²) in [4.78, 5) is 29.2. The number of rotatable bonds is 4. The smallest absolute Gasteiger partial charge is 0.243 e. The lowest BCUT2D eigenvalue weighted by Crippen LogP contribution is -2.53. The minimum atomic E-state index is -0.178. The molecule has 1 aliphatic heterocycles. The maximum atomic E-state index is 12.2. The third-order valence-electron chi connectivity index (χ3n) is 3.74. The fourth-order valence-electron chi connectivity index (χ4n) is 2.42. The van der Waals surface area contributed by atoms with Crippen LogP contribution in [0.25, 0.3) is 0 Å². The molecule has 1 N–H and O–H groups in total. The third-order valence-corrected chi connectivity index (χ3v) is 4.43. The highest BCUT2D eigenvalue weighted by Gasteiger charge is 2.26. The van der Waals surface area contributed by atoms with Crippen LogP contribution in [0.3, 0.4) is 0 Å². The Kier molecular flexibility index (Phi) is 4.59. The van der Waals surface area contributed by atoms with Crippen molar-refractivity contribution in [2.24, 2.45) is 0 Å². The van der Waals surface area contributed by atoms with Gasteiger partial charge in [0.1, 0.15) is 0 Å². The normalized spacial score (nSPS) is 17.2. The number of hydrogen-bond acceptors (Lipinski definition) is 7. The van der Waals surface area contributed by atoms with E-state index in [2.05, 4.69) is 30.1 Å². The van der Waals surface area contributed by atoms with Crippen molar-refractivity contribution >= 4 is 28.3 Å². The standard InChI is InChI=1S/C14H18N6OS/c1-11(12(21)18-14-17-5-10-22-14)19-6-8-20(9-7-19)13-15-3-2-4-16-13/h2-5,10-11H,6-9H2,1H3,(H,17,18,21). The monoisotopic (exact) mass is 318 g/mol. The molecule has 0 aromatic carbocycles. The van der Waals surface area contributed by atoms with Crippen LogP contribution in [0.1, 0.15) is 6.92 Å². The van der Waals surface area contributed by atoms with Gasteiger partial charge in [-0.3, -0.25) is 9.69 Å². The zero-order valence-electron chi connectivity index (χ0n) is 12.3. The molecule has 0 bridgehead atoms. The number of hydrogen-bond donors (Lipinski definition) is 1. The number of amides is 1. The first-order chi connectivity index (χ1) is 10.7. The van der Waals surface area contributed by atoms with Gasteiger partial charge in [0.05, 0.1) is 6.04 Å². The van der Waals surface area contributed by atoms with Gasteiger partial charge in [0.25, 0.3) is 0 Å². The number of carbonyl (C=O) groups excluding carboxylic acids is 1. The molecule has 0 radical (unpaired) electrons. The Morgan fingerprint density at radius 1 is 1.18 bits per heavy atom. The summed E-state index contributed by atoms with van der Waals surface area (Å²) < 4.78 is 0. The van der Waals surface area contributed by atoms with E-state index in [1.54, 1.807) is 18.6 Å². The zero-order chi connectivity index (χ0) is 15.4. The van der Waals surface area contributed by atoms with E-state index in [0.717, 1.165) is 32.1 Å². The Labute approximate surface area is 133 Å². The molecule has 1 atom stereocenters. The van der Waals surface area contributed by atoms with Crippen LogP contribution in [-0.2, 0) is 4.79 Å². The summed E-state index contributed by atoms with van der Waals surface area (Å²) in [7, 11) is 0. The summed E-state index contributed by atoms with van der Waals surface area (Å²) in [5, 5.41) is 5.34. The van der Waals surface area contributed by atoms with Crippen LogP contribution >= 0.6 is 11.3 Å². The second kappa shape index (κ2) is 6.80. The molecule has 22 heavy (non-hydrogen) atoms. The van der Waals surface area contributed by atoms with Crippen molar-refractivity contribution in [3.8, 4) is 0 Å². The lowest BCUT2D eigenvalue weighted by atomic mass is 10.2. The second-order valence-corrected chi connectivity index (χ2v) is 5.97. The Bertz CT molecular complexity index is 597. The van der Waals surface area contributed by atoms with Crippen molar-refractivity contribution in [3.63, 3.8) is 0 Å². The molecule has 1 aliphatic rings. The number of nitrogens with zero attached hydrogens (tertiary/aromatic N) is 5. The first-order valence-electron chi connectivity index (χ1n) is 7.20. The minimum Gasteiger partial charge on any atom is -0.338 e. The Morgan fingerprint density at radius 3 is 2.55 bits per heavy atom. The van der Waals surface area contributed by atoms with Crippen LogP contribution in [0.4, 0.5) is 11.1 Å². The van der Waals surface area contributed by atoms with Gasteiger partial charge < -0.3 is 10.2 Å². The molecule has 0 aliphatic carbocycles. The van der Waals surface area contributed by atoms with E-state index in [1.165, 1.54) is 11.3 Å². The van der Waals surface area contributed by atoms with Gasteiger partial charge in [0.2, 0.25) is 11.9 Å². The quantitative estimate of drug-likeness (QED) is 0.909. The summed E-state index contributed by atoms with van der Waals surface area (Å²) in [6, 6.07) is 1.63. The molecule has 116 valence electrons. The average molecular weight is 318 g/mol. The summed E-state index contributed by atoms with van der Waals surface area (Å²) in [6.45, 7) is 5.19. The Balaban J connectivity index is 1.53. The Hall–Kier alpha value is -2.06. The third kappa shape index (κ3) is 3.40. The van der Waals surface area contributed by atoms with Crippen LogP contribution < -0.4 is 10.2 Å². The summed E-state index contributed by atoms with van der Waals surface area (Å²) >= 11 is 1.43. The lowest BCUT2D eigenvalue weighted by Gasteiger charge is -2.37. The van der Waals surface area contributed by atoms with Crippen molar-refractivity contribution in [2.45, 2.75) is 13.0 Å². The van der Waals surface area contributed by atoms with Gasteiger partial charge in [-0.25, -0.2) is 15.0 Å². The number of nitrogens with one attached hydrogen (secondary N) is 1. The average Bonchev–Trinajstić information content (AvgIpc) is 3.08. The van der Waals surface area contributed by atoms with Crippen LogP contribution in [0.2, 0.25) is 0 Å². The largest absolute Gasteiger partial charge is 0.338 e. The van der Waals surface area contributed by atoms with E-state index in [0.29, 0.717) is 5.13 Å². The zero-order valence-corrected chi connectivity index (χ0v) is 13.2. The van der Waals surface area contributed by atoms with Gasteiger partial charge in [0, 0.05) is 50.1 Å². The van der Waals surface area contributed by atoms with Gasteiger partial charge in [-0.05, 0) is 13.0 Å². The minimum absolute atomic E-state index is 0.0145. The summed E-state index contributed by atoms with van der Waals surface area (Å²) in [5.41, 5.74) is 0. The Morgan fingerprint density at radius 2 is 1.91 bits per heavy atom. The van der Waals surface area contributed by atoms with E-state index in [-0.39, 0.29) is 11.9 Å². The van der Waals surface area contributed by atoms with Crippen LogP contribution in [0.5, 0.6) is 0 Å². The van der Waals surface area contributed by atoms with Crippen LogP contribution in [0, 0.1) is 0 Å². The molecule has 8 heteroatoms. The van der Waals surface area contributed by atoms with Gasteiger partial charge in [-0.1, -0.05) is 0 Å². The SMILES string of the molecule is CC(C(=O)Nc1nccs1)N1CCN(c2ncccn2)CC1. The summed E-state index contributed by atoms with van der Waals surface area (Å²) in [6.07, 6.45) is 5.18. The summed E-state index contributed by atoms with van der Waals surface area (Å²) in [5.74, 6) is 0.737. The molecule has 0 spiro atoms. The molecular weight excluding hydrogens is 300 g/mol. The molecule has 3 rings (SSSR count). The lowest BCUT2D eigenvalue weighted by molar-refractivity contribution is -0.120. The molecule has 3 heterocycles. The van der Waals surface area contributed by atoms with Crippen molar-refractivity contribution < 1.29 is 4.79 Å². The van der Waals surface area contributed by atoms with Crippen molar-refractivity contribution in [3.05, 3.63) is 30.0 Å². The molecule has 1 fully saturated rings. The van der Waals surface area contributed by atoms with Crippen molar-refractivity contribution in [1.82, 2.24) is 19.9 Å². The molecule has 1 amide bonds.